The zero-order chi connectivity index (χ0) is 20.6. The van der Waals surface area contributed by atoms with Crippen LogP contribution in [-0.2, 0) is 20.9 Å². The summed E-state index contributed by atoms with van der Waals surface area (Å²) in [4.78, 5) is 28.0. The zero-order valence-electron chi connectivity index (χ0n) is 16.9. The SMILES string of the molecule is CC(C)(C)OC(=O)[C@@H](NCc1ccc(/C=C/C(=O)NO)nc1)C1CCCCC1. The van der Waals surface area contributed by atoms with Gasteiger partial charge in [0, 0.05) is 18.8 Å². The third-order valence-corrected chi connectivity index (χ3v) is 4.67. The number of aromatic nitrogens is 1. The van der Waals surface area contributed by atoms with Gasteiger partial charge in [0.1, 0.15) is 11.6 Å². The average molecular weight is 389 g/mol. The molecule has 0 radical (unpaired) electrons. The molecule has 0 saturated heterocycles. The molecule has 7 nitrogen and oxygen atoms in total. The van der Waals surface area contributed by atoms with Crippen molar-refractivity contribution in [2.75, 3.05) is 0 Å². The molecule has 28 heavy (non-hydrogen) atoms. The Balaban J connectivity index is 2.00. The van der Waals surface area contributed by atoms with Gasteiger partial charge in [-0.3, -0.25) is 19.8 Å². The van der Waals surface area contributed by atoms with Gasteiger partial charge in [-0.2, -0.15) is 0 Å². The van der Waals surface area contributed by atoms with Crippen LogP contribution < -0.4 is 10.8 Å². The Hall–Kier alpha value is -2.25. The number of rotatable bonds is 7. The van der Waals surface area contributed by atoms with Crippen LogP contribution in [0.25, 0.3) is 6.08 Å². The van der Waals surface area contributed by atoms with Crippen LogP contribution in [0.5, 0.6) is 0 Å². The fourth-order valence-electron chi connectivity index (χ4n) is 3.34. The first-order valence-electron chi connectivity index (χ1n) is 9.82. The third kappa shape index (κ3) is 7.40. The molecular weight excluding hydrogens is 358 g/mol. The van der Waals surface area contributed by atoms with E-state index in [4.69, 9.17) is 9.94 Å². The lowest BCUT2D eigenvalue weighted by molar-refractivity contribution is -0.159. The fraction of sp³-hybridized carbons (Fsp3) is 0.571. The van der Waals surface area contributed by atoms with Crippen molar-refractivity contribution < 1.29 is 19.5 Å². The predicted molar refractivity (Wildman–Crippen MR) is 106 cm³/mol. The fourth-order valence-corrected chi connectivity index (χ4v) is 3.34. The number of nitrogens with zero attached hydrogens (tertiary/aromatic N) is 1. The van der Waals surface area contributed by atoms with E-state index >= 15 is 0 Å². The minimum Gasteiger partial charge on any atom is -0.459 e. The van der Waals surface area contributed by atoms with Crippen molar-refractivity contribution >= 4 is 18.0 Å². The lowest BCUT2D eigenvalue weighted by atomic mass is 9.83. The number of esters is 1. The molecule has 7 heteroatoms. The lowest BCUT2D eigenvalue weighted by Gasteiger charge is -2.32. The molecule has 0 bridgehead atoms. The standard InChI is InChI=1S/C21H31N3O4/c1-21(2,3)28-20(26)19(16-7-5-4-6-8-16)23-14-15-9-10-17(22-13-15)11-12-18(25)24-27/h9-13,16,19,23,27H,4-8,14H2,1-3H3,(H,24,25)/b12-11+/t19-/m0/s1. The van der Waals surface area contributed by atoms with Crippen molar-refractivity contribution in [3.05, 3.63) is 35.7 Å². The van der Waals surface area contributed by atoms with Gasteiger partial charge in [0.2, 0.25) is 0 Å². The Morgan fingerprint density at radius 1 is 1.29 bits per heavy atom. The topological polar surface area (TPSA) is 101 Å². The van der Waals surface area contributed by atoms with Gasteiger partial charge in [0.15, 0.2) is 0 Å². The highest BCUT2D eigenvalue weighted by Gasteiger charge is 2.32. The van der Waals surface area contributed by atoms with Crippen LogP contribution in [0.1, 0.15) is 64.1 Å². The Kier molecular flexibility index (Phi) is 8.14. The summed E-state index contributed by atoms with van der Waals surface area (Å²) < 4.78 is 5.64. The number of nitrogens with one attached hydrogen (secondary N) is 2. The van der Waals surface area contributed by atoms with E-state index in [0.29, 0.717) is 12.2 Å². The second kappa shape index (κ2) is 10.3. The maximum atomic E-state index is 12.7. The van der Waals surface area contributed by atoms with Gasteiger partial charge in [0.05, 0.1) is 5.69 Å². The highest BCUT2D eigenvalue weighted by Crippen LogP contribution is 2.28. The van der Waals surface area contributed by atoms with Crippen molar-refractivity contribution in [2.24, 2.45) is 5.92 Å². The molecule has 1 aromatic heterocycles. The van der Waals surface area contributed by atoms with Crippen molar-refractivity contribution in [2.45, 2.75) is 71.1 Å². The van der Waals surface area contributed by atoms with Crippen LogP contribution in [0.4, 0.5) is 0 Å². The highest BCUT2D eigenvalue weighted by molar-refractivity contribution is 5.90. The first-order valence-corrected chi connectivity index (χ1v) is 9.82. The largest absolute Gasteiger partial charge is 0.459 e. The summed E-state index contributed by atoms with van der Waals surface area (Å²) in [5.74, 6) is -0.516. The van der Waals surface area contributed by atoms with Crippen LogP contribution >= 0.6 is 0 Å². The summed E-state index contributed by atoms with van der Waals surface area (Å²) in [5, 5.41) is 11.9. The zero-order valence-corrected chi connectivity index (χ0v) is 16.9. The van der Waals surface area contributed by atoms with Crippen molar-refractivity contribution in [1.82, 2.24) is 15.8 Å². The number of pyridine rings is 1. The molecule has 0 aromatic carbocycles. The summed E-state index contributed by atoms with van der Waals surface area (Å²) in [6, 6.07) is 3.34. The van der Waals surface area contributed by atoms with Crippen molar-refractivity contribution in [3.63, 3.8) is 0 Å². The molecule has 1 saturated carbocycles. The molecule has 0 spiro atoms. The normalized spacial score (nSPS) is 16.7. The summed E-state index contributed by atoms with van der Waals surface area (Å²) in [6.45, 7) is 6.16. The Bertz CT molecular complexity index is 674. The van der Waals surface area contributed by atoms with E-state index in [2.05, 4.69) is 10.3 Å². The van der Waals surface area contributed by atoms with Crippen LogP contribution in [-0.4, -0.2) is 33.7 Å². The third-order valence-electron chi connectivity index (χ3n) is 4.67. The maximum absolute atomic E-state index is 12.7. The lowest BCUT2D eigenvalue weighted by Crippen LogP contribution is -2.46. The summed E-state index contributed by atoms with van der Waals surface area (Å²) >= 11 is 0. The molecule has 0 aliphatic heterocycles. The molecule has 154 valence electrons. The molecule has 1 aromatic rings. The van der Waals surface area contributed by atoms with E-state index in [1.165, 1.54) is 24.1 Å². The van der Waals surface area contributed by atoms with Gasteiger partial charge in [-0.1, -0.05) is 25.3 Å². The van der Waals surface area contributed by atoms with E-state index in [0.717, 1.165) is 31.2 Å². The number of ether oxygens (including phenoxy) is 1. The number of amides is 1. The van der Waals surface area contributed by atoms with Gasteiger partial charge in [-0.05, 0) is 57.2 Å². The molecule has 1 heterocycles. The molecule has 2 rings (SSSR count). The van der Waals surface area contributed by atoms with Gasteiger partial charge >= 0.3 is 5.97 Å². The van der Waals surface area contributed by atoms with E-state index in [1.807, 2.05) is 26.8 Å². The van der Waals surface area contributed by atoms with Gasteiger partial charge in [0.25, 0.3) is 5.91 Å². The molecular formula is C21H31N3O4. The highest BCUT2D eigenvalue weighted by atomic mass is 16.6. The van der Waals surface area contributed by atoms with Crippen LogP contribution in [0, 0.1) is 5.92 Å². The Morgan fingerprint density at radius 3 is 2.57 bits per heavy atom. The van der Waals surface area contributed by atoms with Crippen LogP contribution in [0.2, 0.25) is 0 Å². The van der Waals surface area contributed by atoms with E-state index < -0.39 is 11.5 Å². The quantitative estimate of drug-likeness (QED) is 0.287. The summed E-state index contributed by atoms with van der Waals surface area (Å²) in [7, 11) is 0. The Morgan fingerprint density at radius 2 is 2.00 bits per heavy atom. The van der Waals surface area contributed by atoms with E-state index in [-0.39, 0.29) is 17.9 Å². The van der Waals surface area contributed by atoms with Crippen molar-refractivity contribution in [3.8, 4) is 0 Å². The second-order valence-corrected chi connectivity index (χ2v) is 8.19. The number of hydrogen-bond acceptors (Lipinski definition) is 6. The Labute approximate surface area is 166 Å². The molecule has 3 N–H and O–H groups in total. The summed E-state index contributed by atoms with van der Waals surface area (Å²) in [5.41, 5.74) is 2.56. The number of carbonyl (C=O) groups is 2. The van der Waals surface area contributed by atoms with E-state index in [1.54, 1.807) is 12.3 Å². The molecule has 1 fully saturated rings. The first-order chi connectivity index (χ1) is 13.3. The number of carbonyl (C=O) groups excluding carboxylic acids is 2. The minimum atomic E-state index is -0.611. The van der Waals surface area contributed by atoms with Gasteiger partial charge in [-0.25, -0.2) is 5.48 Å². The first kappa shape index (κ1) is 22.0. The minimum absolute atomic E-state index is 0.193. The van der Waals surface area contributed by atoms with E-state index in [9.17, 15) is 9.59 Å². The smallest absolute Gasteiger partial charge is 0.323 e. The number of hydrogen-bond donors (Lipinski definition) is 3. The average Bonchev–Trinajstić information content (AvgIpc) is 2.66. The van der Waals surface area contributed by atoms with Crippen molar-refractivity contribution in [1.29, 1.82) is 0 Å². The molecule has 1 amide bonds. The van der Waals surface area contributed by atoms with Crippen LogP contribution in [0.15, 0.2) is 24.4 Å². The predicted octanol–water partition coefficient (Wildman–Crippen LogP) is 2.98. The molecule has 1 aliphatic rings. The number of hydroxylamine groups is 1. The molecule has 1 atom stereocenters. The monoisotopic (exact) mass is 389 g/mol. The molecule has 1 aliphatic carbocycles. The van der Waals surface area contributed by atoms with Crippen LogP contribution in [0.3, 0.4) is 0 Å². The maximum Gasteiger partial charge on any atom is 0.323 e. The summed E-state index contributed by atoms with van der Waals surface area (Å²) in [6.07, 6.45) is 10.0. The second-order valence-electron chi connectivity index (χ2n) is 8.19. The van der Waals surface area contributed by atoms with Gasteiger partial charge < -0.3 is 10.1 Å². The van der Waals surface area contributed by atoms with Gasteiger partial charge in [-0.15, -0.1) is 0 Å². The molecule has 0 unspecified atom stereocenters.